The van der Waals surface area contributed by atoms with Gasteiger partial charge in [0.1, 0.15) is 11.5 Å². The molecule has 2 amide bonds. The van der Waals surface area contributed by atoms with Crippen molar-refractivity contribution >= 4 is 18.2 Å². The molecule has 0 aliphatic carbocycles. The maximum Gasteiger partial charge on any atom is 0.323 e. The summed E-state index contributed by atoms with van der Waals surface area (Å²) in [7, 11) is 6.92. The average molecular weight is 506 g/mol. The zero-order valence-electron chi connectivity index (χ0n) is 22.9. The van der Waals surface area contributed by atoms with Crippen LogP contribution >= 0.6 is 0 Å². The molecule has 2 heterocycles. The number of benzene rings is 1. The van der Waals surface area contributed by atoms with Crippen LogP contribution in [-0.2, 0) is 6.54 Å². The molecule has 198 valence electrons. The van der Waals surface area contributed by atoms with Crippen molar-refractivity contribution in [1.29, 1.82) is 0 Å². The van der Waals surface area contributed by atoms with Crippen molar-refractivity contribution in [3.63, 3.8) is 0 Å². The van der Waals surface area contributed by atoms with Gasteiger partial charge in [0, 0.05) is 61.4 Å². The molecule has 0 bridgehead atoms. The number of hydrogen-bond acceptors (Lipinski definition) is 5. The van der Waals surface area contributed by atoms with E-state index in [-0.39, 0.29) is 22.8 Å². The Kier molecular flexibility index (Phi) is 7.93. The monoisotopic (exact) mass is 505 g/mol. The predicted molar refractivity (Wildman–Crippen MR) is 148 cm³/mol. The minimum atomic E-state index is -0.306. The Balaban J connectivity index is 1.56. The smallest absolute Gasteiger partial charge is 0.323 e. The van der Waals surface area contributed by atoms with E-state index in [4.69, 9.17) is 9.47 Å². The van der Waals surface area contributed by atoms with Gasteiger partial charge in [0.15, 0.2) is 5.43 Å². The topological polar surface area (TPSA) is 62.3 Å². The Bertz CT molecular complexity index is 1200. The zero-order valence-corrected chi connectivity index (χ0v) is 22.9. The molecule has 1 fully saturated rings. The van der Waals surface area contributed by atoms with Gasteiger partial charge in [0.2, 0.25) is 0 Å². The van der Waals surface area contributed by atoms with Crippen LogP contribution in [0.2, 0.25) is 0 Å². The van der Waals surface area contributed by atoms with Gasteiger partial charge in [-0.1, -0.05) is 44.2 Å². The summed E-state index contributed by atoms with van der Waals surface area (Å²) >= 11 is 0. The molecule has 2 aliphatic rings. The molecule has 2 aromatic rings. The summed E-state index contributed by atoms with van der Waals surface area (Å²) in [6.07, 6.45) is 12.0. The number of carbonyl (C=O) groups is 1. The van der Waals surface area contributed by atoms with E-state index in [1.807, 2.05) is 29.2 Å². The molecule has 2 aliphatic heterocycles. The third-order valence-electron chi connectivity index (χ3n) is 7.24. The zero-order chi connectivity index (χ0) is 26.7. The SMILES string of the molecule is COc1cc(CN2CCC(/C3=C/C(C)(C)/C=C/c4c(c4=O)/C=C/CN3C(=O)N(C)C)CC2)cc(OC)c1. The van der Waals surface area contributed by atoms with Gasteiger partial charge >= 0.3 is 6.03 Å². The summed E-state index contributed by atoms with van der Waals surface area (Å²) in [5.41, 5.74) is 3.54. The van der Waals surface area contributed by atoms with Crippen molar-refractivity contribution in [3.8, 4) is 11.5 Å². The van der Waals surface area contributed by atoms with E-state index in [0.717, 1.165) is 66.4 Å². The Labute approximate surface area is 220 Å². The summed E-state index contributed by atoms with van der Waals surface area (Å²) < 4.78 is 10.9. The molecular weight excluding hydrogens is 466 g/mol. The second-order valence-electron chi connectivity index (χ2n) is 10.8. The molecule has 7 heteroatoms. The van der Waals surface area contributed by atoms with Crippen LogP contribution in [0.4, 0.5) is 4.79 Å². The minimum Gasteiger partial charge on any atom is -0.497 e. The van der Waals surface area contributed by atoms with Gasteiger partial charge in [-0.2, -0.15) is 0 Å². The average Bonchev–Trinajstić information content (AvgIpc) is 3.51. The number of ether oxygens (including phenoxy) is 2. The predicted octanol–water partition coefficient (Wildman–Crippen LogP) is 4.79. The number of fused-ring (bicyclic) bond motifs is 1. The fraction of sp³-hybridized carbons (Fsp3) is 0.467. The van der Waals surface area contributed by atoms with Crippen LogP contribution in [0.25, 0.3) is 12.2 Å². The molecule has 0 spiro atoms. The Morgan fingerprint density at radius 2 is 1.65 bits per heavy atom. The molecule has 0 saturated carbocycles. The van der Waals surface area contributed by atoms with Crippen LogP contribution in [0.5, 0.6) is 11.5 Å². The van der Waals surface area contributed by atoms with Gasteiger partial charge < -0.3 is 14.4 Å². The fourth-order valence-electron chi connectivity index (χ4n) is 5.09. The lowest BCUT2D eigenvalue weighted by molar-refractivity contribution is 0.158. The number of nitrogens with zero attached hydrogens (tertiary/aromatic N) is 3. The Morgan fingerprint density at radius 1 is 1.03 bits per heavy atom. The van der Waals surface area contributed by atoms with E-state index >= 15 is 0 Å². The Hall–Kier alpha value is -3.32. The van der Waals surface area contributed by atoms with Crippen LogP contribution in [0.1, 0.15) is 43.4 Å². The lowest BCUT2D eigenvalue weighted by Crippen LogP contribution is -2.43. The molecule has 2 aromatic carbocycles. The molecule has 0 aromatic heterocycles. The first-order valence-corrected chi connectivity index (χ1v) is 12.9. The third-order valence-corrected chi connectivity index (χ3v) is 7.24. The first-order valence-electron chi connectivity index (χ1n) is 12.9. The maximum absolute atomic E-state index is 13.3. The summed E-state index contributed by atoms with van der Waals surface area (Å²) in [5.74, 6) is 1.85. The molecule has 0 N–H and O–H groups in total. The van der Waals surface area contributed by atoms with Gasteiger partial charge in [-0.3, -0.25) is 14.6 Å². The Morgan fingerprint density at radius 3 is 2.24 bits per heavy atom. The van der Waals surface area contributed by atoms with Crippen molar-refractivity contribution in [2.75, 3.05) is 47.9 Å². The summed E-state index contributed by atoms with van der Waals surface area (Å²) in [4.78, 5) is 31.4. The lowest BCUT2D eigenvalue weighted by atomic mass is 9.85. The first kappa shape index (κ1) is 26.7. The van der Waals surface area contributed by atoms with Crippen molar-refractivity contribution in [1.82, 2.24) is 14.7 Å². The number of urea groups is 1. The van der Waals surface area contributed by atoms with Gasteiger partial charge in [-0.15, -0.1) is 0 Å². The lowest BCUT2D eigenvalue weighted by Gasteiger charge is -2.38. The quantitative estimate of drug-likeness (QED) is 0.585. The highest BCUT2D eigenvalue weighted by molar-refractivity contribution is 5.78. The number of methoxy groups -OCH3 is 2. The van der Waals surface area contributed by atoms with Crippen LogP contribution < -0.4 is 14.9 Å². The number of rotatable bonds is 5. The number of carbonyl (C=O) groups excluding carboxylic acids is 1. The van der Waals surface area contributed by atoms with Gasteiger partial charge in [-0.05, 0) is 43.6 Å². The first-order chi connectivity index (χ1) is 17.6. The van der Waals surface area contributed by atoms with E-state index in [1.54, 1.807) is 33.2 Å². The molecule has 4 rings (SSSR count). The summed E-state index contributed by atoms with van der Waals surface area (Å²) in [6, 6.07) is 5.97. The third kappa shape index (κ3) is 6.34. The van der Waals surface area contributed by atoms with Crippen LogP contribution in [-0.4, -0.2) is 68.7 Å². The van der Waals surface area contributed by atoms with Crippen molar-refractivity contribution in [2.24, 2.45) is 11.3 Å². The molecule has 0 unspecified atom stereocenters. The highest BCUT2D eigenvalue weighted by Crippen LogP contribution is 2.34. The van der Waals surface area contributed by atoms with E-state index in [9.17, 15) is 9.59 Å². The number of amides is 2. The van der Waals surface area contributed by atoms with Gasteiger partial charge in [-0.25, -0.2) is 4.79 Å². The second kappa shape index (κ2) is 11.0. The molecular formula is C30H39N3O4. The van der Waals surface area contributed by atoms with E-state index in [1.165, 1.54) is 0 Å². The van der Waals surface area contributed by atoms with E-state index in [0.29, 0.717) is 6.54 Å². The number of hydrogen-bond donors (Lipinski definition) is 0. The van der Waals surface area contributed by atoms with Crippen LogP contribution in [0, 0.1) is 11.3 Å². The van der Waals surface area contributed by atoms with Crippen molar-refractivity contribution < 1.29 is 14.3 Å². The number of likely N-dealkylation sites (tertiary alicyclic amines) is 1. The summed E-state index contributed by atoms with van der Waals surface area (Å²) in [5, 5.41) is 0. The highest BCUT2D eigenvalue weighted by Gasteiger charge is 2.31. The van der Waals surface area contributed by atoms with E-state index < -0.39 is 0 Å². The van der Waals surface area contributed by atoms with Crippen molar-refractivity contribution in [3.05, 3.63) is 69.0 Å². The molecule has 0 radical (unpaired) electrons. The number of piperidine rings is 1. The second-order valence-corrected chi connectivity index (χ2v) is 10.8. The highest BCUT2D eigenvalue weighted by atomic mass is 16.5. The fourth-order valence-corrected chi connectivity index (χ4v) is 5.09. The molecule has 37 heavy (non-hydrogen) atoms. The largest absolute Gasteiger partial charge is 0.497 e. The molecule has 0 atom stereocenters. The standard InChI is InChI=1S/C30H39N3O4/c1-30(2)12-9-26-25(28(26)34)8-7-13-33(29(35)31(3)4)27(19-30)22-10-14-32(15-11-22)20-21-16-23(36-5)18-24(17-21)37-6/h7-9,12,16-19,22H,10-11,13-15,20H2,1-6H3/b8-7+,12-9+,27-19-. The maximum atomic E-state index is 13.3. The molecule has 7 nitrogen and oxygen atoms in total. The normalized spacial score (nSPS) is 21.9. The minimum absolute atomic E-state index is 0.0443. The summed E-state index contributed by atoms with van der Waals surface area (Å²) in [6.45, 7) is 7.38. The van der Waals surface area contributed by atoms with Crippen LogP contribution in [0.15, 0.2) is 46.9 Å². The molecule has 1 saturated heterocycles. The van der Waals surface area contributed by atoms with Gasteiger partial charge in [0.25, 0.3) is 0 Å². The van der Waals surface area contributed by atoms with E-state index in [2.05, 4.69) is 43.0 Å². The van der Waals surface area contributed by atoms with Crippen LogP contribution in [0.3, 0.4) is 0 Å². The van der Waals surface area contributed by atoms with Gasteiger partial charge in [0.05, 0.1) is 14.2 Å². The number of allylic oxidation sites excluding steroid dienone is 3. The van der Waals surface area contributed by atoms with Crippen molar-refractivity contribution in [2.45, 2.75) is 33.2 Å².